The van der Waals surface area contributed by atoms with E-state index in [4.69, 9.17) is 9.15 Å². The van der Waals surface area contributed by atoms with Crippen molar-refractivity contribution in [1.29, 1.82) is 0 Å². The maximum Gasteiger partial charge on any atom is 0.344 e. The van der Waals surface area contributed by atoms with Gasteiger partial charge in [0.25, 0.3) is 11.5 Å². The van der Waals surface area contributed by atoms with E-state index in [1.54, 1.807) is 25.1 Å². The van der Waals surface area contributed by atoms with Crippen LogP contribution < -0.4 is 15.9 Å². The molecule has 2 aliphatic heterocycles. The number of aryl methyl sites for hydroxylation is 1. The maximum absolute atomic E-state index is 13.4. The molecule has 7 heteroatoms. The number of amides is 1. The standard InChI is InChI=1S/C28H26N2O5/c1-16-24(11-10-21-20-6-3-4-7-22(20)28(33)35-26(16)21)34-17(2)27(32)29-13-18-12-19(15-29)23-8-5-9-25(31)30(23)14-18/h3-11,17-19H,12-15H2,1-2H3/t17-,18+,19-/m1/s1. The van der Waals surface area contributed by atoms with E-state index >= 15 is 0 Å². The van der Waals surface area contributed by atoms with E-state index < -0.39 is 11.7 Å². The van der Waals surface area contributed by atoms with Crippen molar-refractivity contribution in [3.63, 3.8) is 0 Å². The summed E-state index contributed by atoms with van der Waals surface area (Å²) in [5.74, 6) is 0.844. The van der Waals surface area contributed by atoms with Gasteiger partial charge in [0.15, 0.2) is 6.10 Å². The van der Waals surface area contributed by atoms with Crippen molar-refractivity contribution >= 4 is 27.6 Å². The van der Waals surface area contributed by atoms with E-state index in [9.17, 15) is 14.4 Å². The number of carbonyl (C=O) groups is 1. The lowest BCUT2D eigenvalue weighted by molar-refractivity contribution is -0.140. The van der Waals surface area contributed by atoms with Crippen LogP contribution in [0, 0.1) is 12.8 Å². The molecule has 0 N–H and O–H groups in total. The molecule has 7 nitrogen and oxygen atoms in total. The minimum Gasteiger partial charge on any atom is -0.480 e. The van der Waals surface area contributed by atoms with Crippen LogP contribution in [0.2, 0.25) is 0 Å². The molecule has 0 radical (unpaired) electrons. The van der Waals surface area contributed by atoms with Crippen molar-refractivity contribution < 1.29 is 13.9 Å². The summed E-state index contributed by atoms with van der Waals surface area (Å²) in [6.45, 7) is 5.42. The molecule has 4 aromatic rings. The number of nitrogens with zero attached hydrogens (tertiary/aromatic N) is 2. The van der Waals surface area contributed by atoms with Crippen molar-refractivity contribution in [2.24, 2.45) is 5.92 Å². The fourth-order valence-corrected chi connectivity index (χ4v) is 5.76. The van der Waals surface area contributed by atoms with Crippen LogP contribution in [-0.2, 0) is 11.3 Å². The van der Waals surface area contributed by atoms with Gasteiger partial charge in [-0.15, -0.1) is 0 Å². The molecular weight excluding hydrogens is 444 g/mol. The van der Waals surface area contributed by atoms with Crippen molar-refractivity contribution in [3.05, 3.63) is 86.6 Å². The minimum absolute atomic E-state index is 0.0277. The van der Waals surface area contributed by atoms with Gasteiger partial charge in [-0.3, -0.25) is 9.59 Å². The molecule has 0 spiro atoms. The van der Waals surface area contributed by atoms with Crippen LogP contribution in [0.1, 0.15) is 30.5 Å². The topological polar surface area (TPSA) is 81.8 Å². The molecule has 0 unspecified atom stereocenters. The second kappa shape index (κ2) is 8.12. The number of hydrogen-bond donors (Lipinski definition) is 0. The van der Waals surface area contributed by atoms with E-state index in [1.165, 1.54) is 0 Å². The monoisotopic (exact) mass is 470 g/mol. The third kappa shape index (κ3) is 3.53. The number of benzene rings is 2. The minimum atomic E-state index is -0.699. The molecule has 1 amide bonds. The van der Waals surface area contributed by atoms with Crippen molar-refractivity contribution in [2.75, 3.05) is 13.1 Å². The van der Waals surface area contributed by atoms with Crippen LogP contribution in [0.4, 0.5) is 0 Å². The number of piperidine rings is 1. The molecule has 35 heavy (non-hydrogen) atoms. The van der Waals surface area contributed by atoms with Gasteiger partial charge >= 0.3 is 5.63 Å². The van der Waals surface area contributed by atoms with Gasteiger partial charge in [0.1, 0.15) is 11.3 Å². The van der Waals surface area contributed by atoms with Crippen LogP contribution in [0.25, 0.3) is 21.7 Å². The summed E-state index contributed by atoms with van der Waals surface area (Å²) in [7, 11) is 0. The van der Waals surface area contributed by atoms with Gasteiger partial charge in [-0.25, -0.2) is 4.79 Å². The van der Waals surface area contributed by atoms with E-state index in [0.29, 0.717) is 41.9 Å². The first-order chi connectivity index (χ1) is 16.9. The molecule has 1 saturated heterocycles. The molecular formula is C28H26N2O5. The first kappa shape index (κ1) is 21.6. The van der Waals surface area contributed by atoms with Gasteiger partial charge < -0.3 is 18.6 Å². The first-order valence-corrected chi connectivity index (χ1v) is 12.0. The molecule has 3 atom stereocenters. The molecule has 2 bridgehead atoms. The molecule has 0 aliphatic carbocycles. The third-order valence-electron chi connectivity index (χ3n) is 7.43. The van der Waals surface area contributed by atoms with E-state index in [2.05, 4.69) is 0 Å². The van der Waals surface area contributed by atoms with Crippen LogP contribution >= 0.6 is 0 Å². The van der Waals surface area contributed by atoms with E-state index in [-0.39, 0.29) is 23.3 Å². The fourth-order valence-electron chi connectivity index (χ4n) is 5.76. The highest BCUT2D eigenvalue weighted by atomic mass is 16.5. The number of ether oxygens (including phenoxy) is 1. The van der Waals surface area contributed by atoms with Crippen LogP contribution in [0.5, 0.6) is 5.75 Å². The lowest BCUT2D eigenvalue weighted by Crippen LogP contribution is -2.52. The smallest absolute Gasteiger partial charge is 0.344 e. The second-order valence-corrected chi connectivity index (χ2v) is 9.70. The Morgan fingerprint density at radius 2 is 1.77 bits per heavy atom. The highest BCUT2D eigenvalue weighted by Crippen LogP contribution is 2.36. The zero-order chi connectivity index (χ0) is 24.3. The summed E-state index contributed by atoms with van der Waals surface area (Å²) < 4.78 is 13.6. The number of fused-ring (bicyclic) bond motifs is 7. The molecule has 2 aliphatic rings. The van der Waals surface area contributed by atoms with Gasteiger partial charge in [-0.2, -0.15) is 0 Å². The normalized spacial score (nSPS) is 20.0. The van der Waals surface area contributed by atoms with Gasteiger partial charge in [0.2, 0.25) is 0 Å². The van der Waals surface area contributed by atoms with E-state index in [0.717, 1.165) is 22.9 Å². The number of aromatic nitrogens is 1. The zero-order valence-corrected chi connectivity index (χ0v) is 19.7. The highest BCUT2D eigenvalue weighted by Gasteiger charge is 2.37. The van der Waals surface area contributed by atoms with Gasteiger partial charge in [0.05, 0.1) is 5.39 Å². The molecule has 0 saturated carbocycles. The quantitative estimate of drug-likeness (QED) is 0.336. The second-order valence-electron chi connectivity index (χ2n) is 9.70. The Morgan fingerprint density at radius 1 is 0.971 bits per heavy atom. The van der Waals surface area contributed by atoms with Crippen molar-refractivity contribution in [2.45, 2.75) is 38.8 Å². The van der Waals surface area contributed by atoms with Crippen LogP contribution in [-0.4, -0.2) is 34.6 Å². The van der Waals surface area contributed by atoms with E-state index in [1.807, 2.05) is 52.8 Å². The van der Waals surface area contributed by atoms with Crippen molar-refractivity contribution in [3.8, 4) is 5.75 Å². The van der Waals surface area contributed by atoms with Gasteiger partial charge in [-0.1, -0.05) is 24.3 Å². The third-order valence-corrected chi connectivity index (χ3v) is 7.43. The molecule has 6 rings (SSSR count). The summed E-state index contributed by atoms with van der Waals surface area (Å²) >= 11 is 0. The molecule has 2 aromatic heterocycles. The average Bonchev–Trinajstić information content (AvgIpc) is 2.86. The summed E-state index contributed by atoms with van der Waals surface area (Å²) in [6, 6.07) is 16.5. The number of hydrogen-bond acceptors (Lipinski definition) is 5. The Morgan fingerprint density at radius 3 is 2.60 bits per heavy atom. The Hall–Kier alpha value is -3.87. The first-order valence-electron chi connectivity index (χ1n) is 12.0. The summed E-state index contributed by atoms with van der Waals surface area (Å²) in [6.07, 6.45) is 0.286. The predicted molar refractivity (Wildman–Crippen MR) is 133 cm³/mol. The number of likely N-dealkylation sites (tertiary alicyclic amines) is 1. The largest absolute Gasteiger partial charge is 0.480 e. The Kier molecular flexibility index (Phi) is 5.02. The predicted octanol–water partition coefficient (Wildman–Crippen LogP) is 3.83. The number of pyridine rings is 1. The molecule has 178 valence electrons. The van der Waals surface area contributed by atoms with Gasteiger partial charge in [-0.05, 0) is 55.8 Å². The van der Waals surface area contributed by atoms with Crippen LogP contribution in [0.15, 0.2) is 68.6 Å². The molecule has 4 heterocycles. The molecule has 1 fully saturated rings. The Labute approximate surface area is 201 Å². The fraction of sp³-hybridized carbons (Fsp3) is 0.321. The SMILES string of the molecule is Cc1c(O[C@H](C)C(=O)N2C[C@@H]3C[C@H](C2)c2cccc(=O)n2C3)ccc2c1oc(=O)c1ccccc12. The average molecular weight is 471 g/mol. The lowest BCUT2D eigenvalue weighted by atomic mass is 9.83. The number of rotatable bonds is 3. The molecule has 2 aromatic carbocycles. The highest BCUT2D eigenvalue weighted by molar-refractivity contribution is 6.05. The summed E-state index contributed by atoms with van der Waals surface area (Å²) in [4.78, 5) is 40.0. The summed E-state index contributed by atoms with van der Waals surface area (Å²) in [5, 5.41) is 2.20. The number of carbonyl (C=O) groups excluding carboxylic acids is 1. The maximum atomic E-state index is 13.4. The van der Waals surface area contributed by atoms with Crippen LogP contribution in [0.3, 0.4) is 0 Å². The summed E-state index contributed by atoms with van der Waals surface area (Å²) in [5.41, 5.74) is 1.80. The van der Waals surface area contributed by atoms with Crippen molar-refractivity contribution in [1.82, 2.24) is 9.47 Å². The zero-order valence-electron chi connectivity index (χ0n) is 19.7. The Bertz CT molecular complexity index is 1600. The lowest BCUT2D eigenvalue weighted by Gasteiger charge is -2.43. The Balaban J connectivity index is 1.26. The van der Waals surface area contributed by atoms with Gasteiger partial charge in [0, 0.05) is 48.3 Å².